The number of benzene rings is 1. The van der Waals surface area contributed by atoms with Crippen molar-refractivity contribution in [3.05, 3.63) is 35.9 Å². The lowest BCUT2D eigenvalue weighted by atomic mass is 9.85. The number of rotatable bonds is 6. The molecule has 1 aliphatic carbocycles. The van der Waals surface area contributed by atoms with Gasteiger partial charge in [0.2, 0.25) is 10.0 Å². The molecule has 6 nitrogen and oxygen atoms in total. The number of esters is 1. The van der Waals surface area contributed by atoms with E-state index in [-0.39, 0.29) is 22.1 Å². The van der Waals surface area contributed by atoms with Crippen molar-refractivity contribution in [2.75, 3.05) is 27.8 Å². The molecule has 1 aromatic rings. The molecule has 2 atom stereocenters. The minimum absolute atomic E-state index is 0.0524. The molecule has 0 radical (unpaired) electrons. The number of hydrogen-bond donors (Lipinski definition) is 0. The molecule has 1 aliphatic rings. The molecule has 7 heteroatoms. The first-order valence-corrected chi connectivity index (χ1v) is 9.64. The van der Waals surface area contributed by atoms with Crippen LogP contribution in [0, 0.1) is 11.8 Å². The van der Waals surface area contributed by atoms with Crippen LogP contribution in [0.2, 0.25) is 0 Å². The predicted molar refractivity (Wildman–Crippen MR) is 95.2 cm³/mol. The Morgan fingerprint density at radius 3 is 2.52 bits per heavy atom. The summed E-state index contributed by atoms with van der Waals surface area (Å²) in [6, 6.07) is 4.29. The van der Waals surface area contributed by atoms with Gasteiger partial charge >= 0.3 is 5.97 Å². The van der Waals surface area contributed by atoms with Crippen molar-refractivity contribution in [1.29, 1.82) is 0 Å². The third-order valence-corrected chi connectivity index (χ3v) is 6.34. The zero-order valence-corrected chi connectivity index (χ0v) is 15.9. The van der Waals surface area contributed by atoms with Crippen molar-refractivity contribution < 1.29 is 22.7 Å². The van der Waals surface area contributed by atoms with Crippen LogP contribution < -0.4 is 4.74 Å². The van der Waals surface area contributed by atoms with Crippen molar-refractivity contribution >= 4 is 16.0 Å². The second kappa shape index (κ2) is 8.01. The summed E-state index contributed by atoms with van der Waals surface area (Å²) in [4.78, 5) is 12.3. The first kappa shape index (κ1) is 19.5. The van der Waals surface area contributed by atoms with Gasteiger partial charge in [-0.1, -0.05) is 19.1 Å². The number of ether oxygens (including phenoxy) is 2. The fraction of sp³-hybridized carbons (Fsp3) is 0.500. The van der Waals surface area contributed by atoms with Crippen LogP contribution in [-0.4, -0.2) is 46.5 Å². The van der Waals surface area contributed by atoms with E-state index in [0.717, 1.165) is 17.1 Å². The zero-order chi connectivity index (χ0) is 18.6. The molecule has 0 saturated carbocycles. The van der Waals surface area contributed by atoms with Gasteiger partial charge in [0.15, 0.2) is 0 Å². The fourth-order valence-corrected chi connectivity index (χ4v) is 3.78. The maximum atomic E-state index is 12.4. The zero-order valence-electron chi connectivity index (χ0n) is 15.1. The average molecular weight is 367 g/mol. The number of nitrogens with zero attached hydrogens (tertiary/aromatic N) is 1. The molecule has 0 aromatic heterocycles. The Hall–Kier alpha value is -1.86. The van der Waals surface area contributed by atoms with E-state index in [1.807, 2.05) is 0 Å². The average Bonchev–Trinajstić information content (AvgIpc) is 2.60. The molecule has 0 N–H and O–H groups in total. The van der Waals surface area contributed by atoms with Gasteiger partial charge in [0.05, 0.1) is 19.3 Å². The van der Waals surface area contributed by atoms with Crippen molar-refractivity contribution in [2.24, 2.45) is 11.8 Å². The number of carbonyl (C=O) groups excluding carboxylic acids is 1. The van der Waals surface area contributed by atoms with Crippen LogP contribution in [0.3, 0.4) is 0 Å². The number of sulfonamides is 1. The number of hydrogen-bond acceptors (Lipinski definition) is 5. The van der Waals surface area contributed by atoms with E-state index in [4.69, 9.17) is 9.47 Å². The minimum atomic E-state index is -3.73. The molecule has 0 spiro atoms. The lowest BCUT2D eigenvalue weighted by Gasteiger charge is -2.24. The molecule has 1 aromatic carbocycles. The van der Waals surface area contributed by atoms with Gasteiger partial charge in [-0.3, -0.25) is 0 Å². The first-order chi connectivity index (χ1) is 11.8. The minimum Gasteiger partial charge on any atom is -0.495 e. The lowest BCUT2D eigenvalue weighted by molar-refractivity contribution is 0.0395. The molecule has 0 aliphatic heterocycles. The van der Waals surface area contributed by atoms with E-state index >= 15 is 0 Å². The monoisotopic (exact) mass is 367 g/mol. The second-order valence-corrected chi connectivity index (χ2v) is 8.55. The summed E-state index contributed by atoms with van der Waals surface area (Å²) in [5.74, 6) is 0.409. The summed E-state index contributed by atoms with van der Waals surface area (Å²) in [6.45, 7) is 2.46. The van der Waals surface area contributed by atoms with E-state index in [1.54, 1.807) is 0 Å². The number of allylic oxidation sites excluding steroid dienone is 2. The highest BCUT2D eigenvalue weighted by molar-refractivity contribution is 7.89. The van der Waals surface area contributed by atoms with Crippen LogP contribution in [0.25, 0.3) is 0 Å². The molecule has 138 valence electrons. The van der Waals surface area contributed by atoms with E-state index in [2.05, 4.69) is 19.1 Å². The third-order valence-electron chi connectivity index (χ3n) is 4.50. The topological polar surface area (TPSA) is 72.9 Å². The summed E-state index contributed by atoms with van der Waals surface area (Å²) in [6.07, 6.45) is 6.12. The van der Waals surface area contributed by atoms with Gasteiger partial charge in [-0.25, -0.2) is 17.5 Å². The standard InChI is InChI=1S/C18H25NO5S/c1-13-7-5-6-8-15(13)12-24-18(20)14-9-10-16(23-4)17(11-14)25(21,22)19(2)3/h5-6,9-11,13,15H,7-8,12H2,1-4H3/t13-,15-/m0/s1. The Balaban J connectivity index is 2.19. The molecule has 0 saturated heterocycles. The van der Waals surface area contributed by atoms with Crippen molar-refractivity contribution in [1.82, 2.24) is 4.31 Å². The Morgan fingerprint density at radius 2 is 1.92 bits per heavy atom. The van der Waals surface area contributed by atoms with Crippen molar-refractivity contribution in [3.63, 3.8) is 0 Å². The Labute approximate surface area is 149 Å². The predicted octanol–water partition coefficient (Wildman–Crippen LogP) is 2.70. The van der Waals surface area contributed by atoms with E-state index < -0.39 is 16.0 Å². The SMILES string of the molecule is COc1ccc(C(=O)OC[C@@H]2CC=CC[C@@H]2C)cc1S(=O)(=O)N(C)C. The summed E-state index contributed by atoms with van der Waals surface area (Å²) in [5, 5.41) is 0. The number of methoxy groups -OCH3 is 1. The summed E-state index contributed by atoms with van der Waals surface area (Å²) >= 11 is 0. The highest BCUT2D eigenvalue weighted by atomic mass is 32.2. The summed E-state index contributed by atoms with van der Waals surface area (Å²) < 4.78 is 36.5. The molecule has 2 rings (SSSR count). The molecular formula is C18H25NO5S. The van der Waals surface area contributed by atoms with Crippen molar-refractivity contribution in [2.45, 2.75) is 24.7 Å². The Morgan fingerprint density at radius 1 is 1.24 bits per heavy atom. The van der Waals surface area contributed by atoms with Gasteiger partial charge in [0, 0.05) is 14.1 Å². The summed E-state index contributed by atoms with van der Waals surface area (Å²) in [7, 11) is 0.517. The highest BCUT2D eigenvalue weighted by Crippen LogP contribution is 2.28. The summed E-state index contributed by atoms with van der Waals surface area (Å²) in [5.41, 5.74) is 0.195. The molecule has 0 amide bonds. The van der Waals surface area contributed by atoms with Crippen LogP contribution in [0.1, 0.15) is 30.1 Å². The maximum Gasteiger partial charge on any atom is 0.338 e. The van der Waals surface area contributed by atoms with Crippen LogP contribution in [0.4, 0.5) is 0 Å². The van der Waals surface area contributed by atoms with Gasteiger partial charge in [0.1, 0.15) is 10.6 Å². The van der Waals surface area contributed by atoms with Crippen LogP contribution >= 0.6 is 0 Å². The lowest BCUT2D eigenvalue weighted by Crippen LogP contribution is -2.24. The molecule has 0 bridgehead atoms. The molecule has 25 heavy (non-hydrogen) atoms. The van der Waals surface area contributed by atoms with Gasteiger partial charge in [-0.15, -0.1) is 0 Å². The van der Waals surface area contributed by atoms with Crippen molar-refractivity contribution in [3.8, 4) is 5.75 Å². The Bertz CT molecular complexity index is 755. The quantitative estimate of drug-likeness (QED) is 0.571. The second-order valence-electron chi connectivity index (χ2n) is 6.43. The highest BCUT2D eigenvalue weighted by Gasteiger charge is 2.25. The maximum absolute atomic E-state index is 12.4. The largest absolute Gasteiger partial charge is 0.495 e. The van der Waals surface area contributed by atoms with Gasteiger partial charge in [-0.2, -0.15) is 0 Å². The van der Waals surface area contributed by atoms with Crippen LogP contribution in [-0.2, 0) is 14.8 Å². The fourth-order valence-electron chi connectivity index (χ4n) is 2.71. The van der Waals surface area contributed by atoms with Gasteiger partial charge in [-0.05, 0) is 42.9 Å². The van der Waals surface area contributed by atoms with Gasteiger partial charge in [0.25, 0.3) is 0 Å². The molecule has 0 unspecified atom stereocenters. The molecule has 0 fully saturated rings. The smallest absolute Gasteiger partial charge is 0.338 e. The van der Waals surface area contributed by atoms with E-state index in [0.29, 0.717) is 12.5 Å². The third kappa shape index (κ3) is 4.41. The number of carbonyl (C=O) groups is 1. The van der Waals surface area contributed by atoms with E-state index in [1.165, 1.54) is 39.4 Å². The van der Waals surface area contributed by atoms with Gasteiger partial charge < -0.3 is 9.47 Å². The normalized spacial score (nSPS) is 20.5. The van der Waals surface area contributed by atoms with E-state index in [9.17, 15) is 13.2 Å². The molecule has 0 heterocycles. The van der Waals surface area contributed by atoms with Crippen LogP contribution in [0.15, 0.2) is 35.2 Å². The Kier molecular flexibility index (Phi) is 6.24. The first-order valence-electron chi connectivity index (χ1n) is 8.20. The molecular weight excluding hydrogens is 342 g/mol. The van der Waals surface area contributed by atoms with Crippen LogP contribution in [0.5, 0.6) is 5.75 Å².